The van der Waals surface area contributed by atoms with Crippen molar-refractivity contribution in [1.82, 2.24) is 0 Å². The van der Waals surface area contributed by atoms with Gasteiger partial charge < -0.3 is 18.8 Å². The van der Waals surface area contributed by atoms with E-state index in [9.17, 15) is 0 Å². The molecule has 1 aromatic rings. The Balaban J connectivity index is 2.12. The molecule has 0 saturated heterocycles. The Morgan fingerprint density at radius 1 is 1.06 bits per heavy atom. The van der Waals surface area contributed by atoms with E-state index in [4.69, 9.17) is 18.8 Å². The van der Waals surface area contributed by atoms with Crippen LogP contribution < -0.4 is 4.74 Å². The third-order valence-electron chi connectivity index (χ3n) is 1.86. The predicted molar refractivity (Wildman–Crippen MR) is 63.1 cm³/mol. The fraction of sp³-hybridized carbons (Fsp3) is 0.455. The molecule has 0 radical (unpaired) electrons. The highest BCUT2D eigenvalue weighted by Gasteiger charge is 1.95. The normalized spacial score (nSPS) is 10.4. The highest BCUT2D eigenvalue weighted by atomic mass is 32.2. The lowest BCUT2D eigenvalue weighted by Gasteiger charge is -2.07. The molecule has 1 N–H and O–H groups in total. The Bertz CT molecular complexity index is 276. The molecule has 5 heteroatoms. The van der Waals surface area contributed by atoms with E-state index < -0.39 is 0 Å². The van der Waals surface area contributed by atoms with Crippen molar-refractivity contribution in [2.45, 2.75) is 4.90 Å². The molecule has 90 valence electrons. The van der Waals surface area contributed by atoms with Crippen molar-refractivity contribution in [1.29, 1.82) is 0 Å². The summed E-state index contributed by atoms with van der Waals surface area (Å²) < 4.78 is 24.3. The Hall–Kier alpha value is -0.750. The molecule has 0 heterocycles. The SMILES string of the molecule is COCCOCCOc1ccc(SO)cc1. The maximum atomic E-state index is 8.77. The van der Waals surface area contributed by atoms with Crippen LogP contribution in [0.4, 0.5) is 0 Å². The molecule has 0 bridgehead atoms. The number of methoxy groups -OCH3 is 1. The molecule has 16 heavy (non-hydrogen) atoms. The van der Waals surface area contributed by atoms with Gasteiger partial charge in [-0.15, -0.1) is 0 Å². The number of hydrogen-bond acceptors (Lipinski definition) is 5. The fourth-order valence-corrected chi connectivity index (χ4v) is 1.32. The van der Waals surface area contributed by atoms with Crippen molar-refractivity contribution >= 4 is 12.0 Å². The zero-order valence-corrected chi connectivity index (χ0v) is 10.0. The Labute approximate surface area is 99.7 Å². The molecule has 0 aliphatic carbocycles. The number of ether oxygens (including phenoxy) is 3. The van der Waals surface area contributed by atoms with Crippen LogP contribution in [0.2, 0.25) is 0 Å². The second-order valence-corrected chi connectivity index (χ2v) is 3.67. The minimum atomic E-state index is 0.509. The zero-order valence-electron chi connectivity index (χ0n) is 9.22. The average Bonchev–Trinajstić information content (AvgIpc) is 2.34. The summed E-state index contributed by atoms with van der Waals surface area (Å²) in [6.45, 7) is 2.23. The highest BCUT2D eigenvalue weighted by molar-refractivity contribution is 7.93. The van der Waals surface area contributed by atoms with Crippen LogP contribution in [0.15, 0.2) is 29.2 Å². The monoisotopic (exact) mass is 244 g/mol. The van der Waals surface area contributed by atoms with Gasteiger partial charge in [0.25, 0.3) is 0 Å². The van der Waals surface area contributed by atoms with Crippen LogP contribution in [0, 0.1) is 0 Å². The molecule has 0 fully saturated rings. The van der Waals surface area contributed by atoms with E-state index in [0.29, 0.717) is 26.4 Å². The molecular weight excluding hydrogens is 228 g/mol. The second kappa shape index (κ2) is 8.41. The van der Waals surface area contributed by atoms with Crippen LogP contribution in [0.25, 0.3) is 0 Å². The molecule has 0 unspecified atom stereocenters. The highest BCUT2D eigenvalue weighted by Crippen LogP contribution is 2.18. The van der Waals surface area contributed by atoms with Gasteiger partial charge in [0.05, 0.1) is 19.8 Å². The predicted octanol–water partition coefficient (Wildman–Crippen LogP) is 2.29. The standard InChI is InChI=1S/C11H16O4S/c1-13-6-7-14-8-9-15-10-2-4-11(16-12)5-3-10/h2-5,12H,6-9H2,1H3. The largest absolute Gasteiger partial charge is 0.491 e. The van der Waals surface area contributed by atoms with Crippen LogP contribution in [-0.2, 0) is 9.47 Å². The first kappa shape index (κ1) is 13.3. The third-order valence-corrected chi connectivity index (χ3v) is 2.34. The summed E-state index contributed by atoms with van der Waals surface area (Å²) in [7, 11) is 1.64. The molecule has 0 saturated carbocycles. The lowest BCUT2D eigenvalue weighted by molar-refractivity contribution is 0.0544. The molecule has 0 atom stereocenters. The first-order valence-corrected chi connectivity index (χ1v) is 5.75. The molecule has 0 aliphatic heterocycles. The fourth-order valence-electron chi connectivity index (χ4n) is 1.06. The third kappa shape index (κ3) is 5.37. The maximum absolute atomic E-state index is 8.77. The van der Waals surface area contributed by atoms with Crippen molar-refractivity contribution in [2.75, 3.05) is 33.5 Å². The molecule has 1 rings (SSSR count). The average molecular weight is 244 g/mol. The van der Waals surface area contributed by atoms with Crippen molar-refractivity contribution < 1.29 is 18.8 Å². The summed E-state index contributed by atoms with van der Waals surface area (Å²) in [6, 6.07) is 7.22. The zero-order chi connectivity index (χ0) is 11.6. The number of rotatable bonds is 8. The van der Waals surface area contributed by atoms with E-state index in [1.165, 1.54) is 0 Å². The van der Waals surface area contributed by atoms with Gasteiger partial charge in [0.1, 0.15) is 12.4 Å². The van der Waals surface area contributed by atoms with Gasteiger partial charge in [0, 0.05) is 24.0 Å². The van der Waals surface area contributed by atoms with Crippen LogP contribution in [0.3, 0.4) is 0 Å². The van der Waals surface area contributed by atoms with E-state index in [2.05, 4.69) is 0 Å². The van der Waals surface area contributed by atoms with Gasteiger partial charge in [-0.3, -0.25) is 0 Å². The summed E-state index contributed by atoms with van der Waals surface area (Å²) >= 11 is 0.721. The van der Waals surface area contributed by atoms with E-state index in [-0.39, 0.29) is 0 Å². The van der Waals surface area contributed by atoms with Gasteiger partial charge in [0.2, 0.25) is 0 Å². The smallest absolute Gasteiger partial charge is 0.119 e. The quantitative estimate of drug-likeness (QED) is 0.561. The summed E-state index contributed by atoms with van der Waals surface area (Å²) in [6.07, 6.45) is 0. The molecular formula is C11H16O4S. The van der Waals surface area contributed by atoms with Gasteiger partial charge in [-0.25, -0.2) is 0 Å². The molecule has 0 aromatic heterocycles. The minimum Gasteiger partial charge on any atom is -0.491 e. The Morgan fingerprint density at radius 2 is 1.75 bits per heavy atom. The van der Waals surface area contributed by atoms with Crippen LogP contribution in [0.1, 0.15) is 0 Å². The van der Waals surface area contributed by atoms with E-state index in [1.807, 2.05) is 12.1 Å². The first-order chi connectivity index (χ1) is 7.86. The first-order valence-electron chi connectivity index (χ1n) is 4.98. The molecule has 0 amide bonds. The van der Waals surface area contributed by atoms with Crippen molar-refractivity contribution in [3.8, 4) is 5.75 Å². The molecule has 0 aliphatic rings. The van der Waals surface area contributed by atoms with Crippen LogP contribution in [0.5, 0.6) is 5.75 Å². The lowest BCUT2D eigenvalue weighted by Crippen LogP contribution is -2.09. The Morgan fingerprint density at radius 3 is 2.38 bits per heavy atom. The summed E-state index contributed by atoms with van der Waals surface area (Å²) in [5.41, 5.74) is 0. The van der Waals surface area contributed by atoms with Crippen LogP contribution >= 0.6 is 12.0 Å². The second-order valence-electron chi connectivity index (χ2n) is 3.02. The number of hydrogen-bond donors (Lipinski definition) is 1. The maximum Gasteiger partial charge on any atom is 0.119 e. The van der Waals surface area contributed by atoms with Gasteiger partial charge in [0.15, 0.2) is 0 Å². The summed E-state index contributed by atoms with van der Waals surface area (Å²) in [5, 5.41) is 0. The molecule has 4 nitrogen and oxygen atoms in total. The summed E-state index contributed by atoms with van der Waals surface area (Å²) in [4.78, 5) is 0.795. The summed E-state index contributed by atoms with van der Waals surface area (Å²) in [5.74, 6) is 0.771. The van der Waals surface area contributed by atoms with Crippen molar-refractivity contribution in [2.24, 2.45) is 0 Å². The Kier molecular flexibility index (Phi) is 7.00. The van der Waals surface area contributed by atoms with Gasteiger partial charge in [-0.1, -0.05) is 0 Å². The number of benzene rings is 1. The van der Waals surface area contributed by atoms with E-state index in [1.54, 1.807) is 19.2 Å². The van der Waals surface area contributed by atoms with E-state index in [0.717, 1.165) is 22.7 Å². The lowest BCUT2D eigenvalue weighted by atomic mass is 10.3. The molecule has 0 spiro atoms. The van der Waals surface area contributed by atoms with E-state index >= 15 is 0 Å². The minimum absolute atomic E-state index is 0.509. The van der Waals surface area contributed by atoms with Crippen LogP contribution in [-0.4, -0.2) is 38.1 Å². The molecule has 1 aromatic carbocycles. The van der Waals surface area contributed by atoms with Crippen molar-refractivity contribution in [3.63, 3.8) is 0 Å². The topological polar surface area (TPSA) is 47.9 Å². The van der Waals surface area contributed by atoms with Gasteiger partial charge >= 0.3 is 0 Å². The van der Waals surface area contributed by atoms with Gasteiger partial charge in [-0.2, -0.15) is 0 Å². The van der Waals surface area contributed by atoms with Gasteiger partial charge in [-0.05, 0) is 24.3 Å². The van der Waals surface area contributed by atoms with Crippen molar-refractivity contribution in [3.05, 3.63) is 24.3 Å².